The van der Waals surface area contributed by atoms with E-state index in [1.807, 2.05) is 11.8 Å². The number of aryl methyl sites for hydroxylation is 1. The fourth-order valence-corrected chi connectivity index (χ4v) is 2.84. The maximum Gasteiger partial charge on any atom is 0.220 e. The molecular formula is C16H25NOS. The van der Waals surface area contributed by atoms with E-state index in [-0.39, 0.29) is 5.91 Å². The third kappa shape index (κ3) is 7.93. The van der Waals surface area contributed by atoms with Crippen LogP contribution in [0, 0.1) is 6.92 Å². The molecule has 19 heavy (non-hydrogen) atoms. The van der Waals surface area contributed by atoms with Crippen LogP contribution in [0.4, 0.5) is 0 Å². The number of amides is 1. The lowest BCUT2D eigenvalue weighted by molar-refractivity contribution is -0.120. The zero-order chi connectivity index (χ0) is 13.9. The van der Waals surface area contributed by atoms with E-state index in [0.717, 1.165) is 18.7 Å². The molecular weight excluding hydrogens is 254 g/mol. The number of hydrogen-bond donors (Lipinski definition) is 1. The molecule has 1 N–H and O–H groups in total. The Hall–Kier alpha value is -0.960. The first-order valence-corrected chi connectivity index (χ1v) is 8.28. The standard InChI is InChI=1S/C16H25NOS/c1-3-4-11-19-12-9-16(18)17-10-8-15-7-5-6-14(2)13-15/h5-7,13H,3-4,8-12H2,1-2H3,(H,17,18). The normalized spacial score (nSPS) is 10.4. The number of hydrogen-bond acceptors (Lipinski definition) is 2. The summed E-state index contributed by atoms with van der Waals surface area (Å²) in [5.74, 6) is 2.29. The quantitative estimate of drug-likeness (QED) is 0.700. The summed E-state index contributed by atoms with van der Waals surface area (Å²) >= 11 is 1.88. The van der Waals surface area contributed by atoms with E-state index in [1.54, 1.807) is 0 Å². The van der Waals surface area contributed by atoms with E-state index in [9.17, 15) is 4.79 Å². The Balaban J connectivity index is 2.07. The van der Waals surface area contributed by atoms with Gasteiger partial charge in [0.15, 0.2) is 0 Å². The van der Waals surface area contributed by atoms with Crippen LogP contribution in [0.2, 0.25) is 0 Å². The Bertz CT molecular complexity index is 379. The zero-order valence-corrected chi connectivity index (χ0v) is 12.9. The minimum Gasteiger partial charge on any atom is -0.356 e. The predicted molar refractivity (Wildman–Crippen MR) is 84.7 cm³/mol. The highest BCUT2D eigenvalue weighted by Gasteiger charge is 2.01. The number of carbonyl (C=O) groups is 1. The topological polar surface area (TPSA) is 29.1 Å². The van der Waals surface area contributed by atoms with Crippen molar-refractivity contribution >= 4 is 17.7 Å². The van der Waals surface area contributed by atoms with Crippen LogP contribution in [-0.4, -0.2) is 24.0 Å². The molecule has 0 bridgehead atoms. The molecule has 0 heterocycles. The maximum absolute atomic E-state index is 11.6. The van der Waals surface area contributed by atoms with Gasteiger partial charge in [-0.2, -0.15) is 11.8 Å². The first kappa shape index (κ1) is 16.1. The molecule has 0 unspecified atom stereocenters. The molecule has 1 amide bonds. The van der Waals surface area contributed by atoms with Crippen LogP contribution in [0.1, 0.15) is 37.3 Å². The summed E-state index contributed by atoms with van der Waals surface area (Å²) < 4.78 is 0. The number of nitrogens with one attached hydrogen (secondary N) is 1. The molecule has 2 nitrogen and oxygen atoms in total. The van der Waals surface area contributed by atoms with E-state index in [2.05, 4.69) is 43.4 Å². The summed E-state index contributed by atoms with van der Waals surface area (Å²) in [6.45, 7) is 5.02. The molecule has 1 aromatic rings. The summed E-state index contributed by atoms with van der Waals surface area (Å²) in [6, 6.07) is 8.44. The van der Waals surface area contributed by atoms with Gasteiger partial charge in [-0.05, 0) is 31.1 Å². The van der Waals surface area contributed by atoms with E-state index in [1.165, 1.54) is 29.7 Å². The lowest BCUT2D eigenvalue weighted by atomic mass is 10.1. The minimum atomic E-state index is 0.177. The number of thioether (sulfide) groups is 1. The van der Waals surface area contributed by atoms with Gasteiger partial charge >= 0.3 is 0 Å². The Morgan fingerprint density at radius 3 is 2.89 bits per heavy atom. The van der Waals surface area contributed by atoms with Crippen LogP contribution < -0.4 is 5.32 Å². The lowest BCUT2D eigenvalue weighted by Gasteiger charge is -2.06. The fraction of sp³-hybridized carbons (Fsp3) is 0.562. The van der Waals surface area contributed by atoms with Crippen LogP contribution in [0.15, 0.2) is 24.3 Å². The van der Waals surface area contributed by atoms with Crippen molar-refractivity contribution in [3.63, 3.8) is 0 Å². The van der Waals surface area contributed by atoms with Gasteiger partial charge in [0, 0.05) is 18.7 Å². The molecule has 106 valence electrons. The number of rotatable bonds is 9. The third-order valence-electron chi connectivity index (χ3n) is 2.93. The van der Waals surface area contributed by atoms with Crippen molar-refractivity contribution in [2.75, 3.05) is 18.1 Å². The molecule has 0 saturated carbocycles. The van der Waals surface area contributed by atoms with Gasteiger partial charge in [-0.3, -0.25) is 4.79 Å². The highest BCUT2D eigenvalue weighted by Crippen LogP contribution is 2.06. The largest absolute Gasteiger partial charge is 0.356 e. The average molecular weight is 279 g/mol. The molecule has 3 heteroatoms. The van der Waals surface area contributed by atoms with Crippen LogP contribution in [0.25, 0.3) is 0 Å². The summed E-state index contributed by atoms with van der Waals surface area (Å²) in [5.41, 5.74) is 2.56. The minimum absolute atomic E-state index is 0.177. The first-order chi connectivity index (χ1) is 9.22. The number of carbonyl (C=O) groups excluding carboxylic acids is 1. The second-order valence-corrected chi connectivity index (χ2v) is 6.03. The predicted octanol–water partition coefficient (Wildman–Crippen LogP) is 3.58. The van der Waals surface area contributed by atoms with Crippen molar-refractivity contribution < 1.29 is 4.79 Å². The van der Waals surface area contributed by atoms with E-state index >= 15 is 0 Å². The van der Waals surface area contributed by atoms with Gasteiger partial charge in [-0.25, -0.2) is 0 Å². The monoisotopic (exact) mass is 279 g/mol. The molecule has 0 saturated heterocycles. The highest BCUT2D eigenvalue weighted by molar-refractivity contribution is 7.99. The van der Waals surface area contributed by atoms with Crippen molar-refractivity contribution in [3.8, 4) is 0 Å². The van der Waals surface area contributed by atoms with Gasteiger partial charge in [0.1, 0.15) is 0 Å². The van der Waals surface area contributed by atoms with E-state index < -0.39 is 0 Å². The van der Waals surface area contributed by atoms with Gasteiger partial charge < -0.3 is 5.32 Å². The van der Waals surface area contributed by atoms with Gasteiger partial charge in [0.2, 0.25) is 5.91 Å². The Kier molecular flexibility index (Phi) is 8.39. The van der Waals surface area contributed by atoms with Crippen molar-refractivity contribution in [1.82, 2.24) is 5.32 Å². The molecule has 0 fully saturated rings. The summed E-state index contributed by atoms with van der Waals surface area (Å²) in [4.78, 5) is 11.6. The molecule has 1 aromatic carbocycles. The third-order valence-corrected chi connectivity index (χ3v) is 4.00. The average Bonchev–Trinajstić information content (AvgIpc) is 2.38. The van der Waals surface area contributed by atoms with Gasteiger partial charge in [-0.1, -0.05) is 43.2 Å². The molecule has 0 aliphatic carbocycles. The fourth-order valence-electron chi connectivity index (χ4n) is 1.82. The second kappa shape index (κ2) is 9.90. The van der Waals surface area contributed by atoms with Crippen LogP contribution >= 0.6 is 11.8 Å². The second-order valence-electron chi connectivity index (χ2n) is 4.80. The highest BCUT2D eigenvalue weighted by atomic mass is 32.2. The SMILES string of the molecule is CCCCSCCC(=O)NCCc1cccc(C)c1. The maximum atomic E-state index is 11.6. The summed E-state index contributed by atoms with van der Waals surface area (Å²) in [6.07, 6.45) is 4.04. The van der Waals surface area contributed by atoms with Crippen molar-refractivity contribution in [3.05, 3.63) is 35.4 Å². The van der Waals surface area contributed by atoms with Gasteiger partial charge in [0.25, 0.3) is 0 Å². The Morgan fingerprint density at radius 2 is 2.16 bits per heavy atom. The molecule has 0 radical (unpaired) electrons. The van der Waals surface area contributed by atoms with Crippen molar-refractivity contribution in [2.45, 2.75) is 39.5 Å². The molecule has 0 aliphatic heterocycles. The van der Waals surface area contributed by atoms with E-state index in [4.69, 9.17) is 0 Å². The van der Waals surface area contributed by atoms with Crippen molar-refractivity contribution in [2.24, 2.45) is 0 Å². The smallest absolute Gasteiger partial charge is 0.220 e. The van der Waals surface area contributed by atoms with E-state index in [0.29, 0.717) is 6.42 Å². The molecule has 1 rings (SSSR count). The first-order valence-electron chi connectivity index (χ1n) is 7.12. The Labute approximate surface area is 121 Å². The molecule has 0 aromatic heterocycles. The van der Waals surface area contributed by atoms with Crippen molar-refractivity contribution in [1.29, 1.82) is 0 Å². The van der Waals surface area contributed by atoms with Crippen LogP contribution in [-0.2, 0) is 11.2 Å². The zero-order valence-electron chi connectivity index (χ0n) is 12.1. The van der Waals surface area contributed by atoms with Gasteiger partial charge in [-0.15, -0.1) is 0 Å². The summed E-state index contributed by atoms with van der Waals surface area (Å²) in [5, 5.41) is 2.99. The molecule has 0 spiro atoms. The number of unbranched alkanes of at least 4 members (excludes halogenated alkanes) is 1. The lowest BCUT2D eigenvalue weighted by Crippen LogP contribution is -2.25. The molecule has 0 aliphatic rings. The summed E-state index contributed by atoms with van der Waals surface area (Å²) in [7, 11) is 0. The number of benzene rings is 1. The van der Waals surface area contributed by atoms with Crippen LogP contribution in [0.3, 0.4) is 0 Å². The van der Waals surface area contributed by atoms with Gasteiger partial charge in [0.05, 0.1) is 0 Å². The van der Waals surface area contributed by atoms with Crippen LogP contribution in [0.5, 0.6) is 0 Å². The molecule has 0 atom stereocenters. The Morgan fingerprint density at radius 1 is 1.32 bits per heavy atom.